The molecule has 1 saturated heterocycles. The fraction of sp³-hybridized carbons (Fsp3) is 0.716. The average molecular weight is 2080 g/mol. The van der Waals surface area contributed by atoms with Crippen molar-refractivity contribution >= 4 is 82.7 Å². The number of Topliss-reactive ketones (excluding diaryl/α,β-unsaturated/α-hetero) is 2. The van der Waals surface area contributed by atoms with Gasteiger partial charge in [-0.1, -0.05) is 98.2 Å². The lowest BCUT2D eigenvalue weighted by atomic mass is 9.83. The van der Waals surface area contributed by atoms with Gasteiger partial charge >= 0.3 is 18.2 Å². The predicted molar refractivity (Wildman–Crippen MR) is 530 cm³/mol. The van der Waals surface area contributed by atoms with Crippen molar-refractivity contribution in [1.82, 2.24) is 40.9 Å². The van der Waals surface area contributed by atoms with Gasteiger partial charge in [-0.2, -0.15) is 0 Å². The molecule has 0 spiro atoms. The highest BCUT2D eigenvalue weighted by atomic mass is 16.7. The summed E-state index contributed by atoms with van der Waals surface area (Å²) in [5, 5.41) is 55.6. The van der Waals surface area contributed by atoms with Crippen LogP contribution in [0.1, 0.15) is 164 Å². The summed E-state index contributed by atoms with van der Waals surface area (Å²) in [6.45, 7) is 27.4. The standard InChI is InChI=1S/C102H163N9O35/c1-17-69(6)91(83(130-15)64-89(119)110-36-23-27-77(110)94(131-16)71(8)79(112)60-70(7)92(120)73-24-19-18-20-25-73)108(12)97(124)74(67(2)3)62-80(113)90(68(4)5)109(13)101(128)143-66-72-28-29-82(144-99-93(121)81(114)63-84(145-99)98(125)126)76(61-72)106-86(116)32-35-104-95(122)75(107-96(123)78(111-87(117)30-31-88(111)118)65-105-100(127)146-102(9,10)11)26-21-22-34-103-85(115)33-37-132-40-41-134-44-45-136-48-49-138-52-53-140-56-57-142-59-58-141-55-54-139-51-50-137-47-46-135-43-42-133-39-38-129-14/h18-20,24-25,28-31,61,63,67-71,74-75,77-78,81,83,90-94,99,114,120-121H,17,21-23,26-27,32-60,62,64-66H2,1-16H3,(H,103,115)(H,104,122)(H,105,127)(H,106,116)(H,107,123)(H,125,126)/t69-,70-,71-,74-,75-,77-,78+,81-,83+,90-,91-,92+,93+,94+,99+/m0/s1. The molecule has 0 radical (unpaired) electrons. The Morgan fingerprint density at radius 2 is 1.13 bits per heavy atom. The predicted octanol–water partition coefficient (Wildman–Crippen LogP) is 5.44. The van der Waals surface area contributed by atoms with Crippen molar-refractivity contribution in [3.8, 4) is 5.75 Å². The van der Waals surface area contributed by atoms with Gasteiger partial charge in [0.25, 0.3) is 18.1 Å². The summed E-state index contributed by atoms with van der Waals surface area (Å²) in [4.78, 5) is 185. The first-order valence-electron chi connectivity index (χ1n) is 50.4. The molecule has 0 bridgehead atoms. The van der Waals surface area contributed by atoms with E-state index in [9.17, 15) is 78.0 Å². The number of imide groups is 1. The second-order valence-electron chi connectivity index (χ2n) is 37.5. The summed E-state index contributed by atoms with van der Waals surface area (Å²) in [6, 6.07) is 7.61. The van der Waals surface area contributed by atoms with Crippen LogP contribution in [-0.2, 0) is 140 Å². The first-order valence-corrected chi connectivity index (χ1v) is 50.4. The monoisotopic (exact) mass is 2070 g/mol. The van der Waals surface area contributed by atoms with Crippen molar-refractivity contribution in [3.05, 3.63) is 83.6 Å². The van der Waals surface area contributed by atoms with E-state index in [1.54, 1.807) is 79.3 Å². The highest BCUT2D eigenvalue weighted by Crippen LogP contribution is 2.36. The van der Waals surface area contributed by atoms with E-state index < -0.39 is 193 Å². The van der Waals surface area contributed by atoms with Crippen molar-refractivity contribution in [2.75, 3.05) is 219 Å². The van der Waals surface area contributed by atoms with Crippen LogP contribution >= 0.6 is 0 Å². The topological polar surface area (TPSA) is 542 Å². The number of alkyl carbamates (subject to hydrolysis) is 1. The number of aliphatic hydroxyl groups excluding tert-OH is 3. The molecule has 5 rings (SSSR count). The van der Waals surface area contributed by atoms with Crippen LogP contribution in [0.25, 0.3) is 0 Å². The van der Waals surface area contributed by atoms with E-state index in [1.165, 1.54) is 39.5 Å². The molecule has 0 saturated carbocycles. The zero-order valence-corrected chi connectivity index (χ0v) is 88.0. The number of carboxylic acid groups (broad SMARTS) is 1. The zero-order valence-electron chi connectivity index (χ0n) is 88.0. The van der Waals surface area contributed by atoms with Crippen LogP contribution in [0.4, 0.5) is 15.3 Å². The number of ketones is 2. The first-order chi connectivity index (χ1) is 69.8. The number of benzene rings is 2. The Hall–Kier alpha value is -9.85. The lowest BCUT2D eigenvalue weighted by molar-refractivity contribution is -0.172. The minimum absolute atomic E-state index is 0.00333. The molecular formula is C102H163N9O35. The molecule has 3 aliphatic rings. The minimum Gasteiger partial charge on any atom is -0.475 e. The Bertz CT molecular complexity index is 4300. The van der Waals surface area contributed by atoms with Gasteiger partial charge in [0.1, 0.15) is 41.9 Å². The number of unbranched alkanes of at least 4 members (excludes halogenated alkanes) is 1. The van der Waals surface area contributed by atoms with Crippen molar-refractivity contribution in [3.63, 3.8) is 0 Å². The number of likely N-dealkylation sites (N-methyl/N-ethyl adjacent to an activating group) is 2. The van der Waals surface area contributed by atoms with Gasteiger partial charge in [-0.15, -0.1) is 0 Å². The number of carboxylic acids is 1. The third kappa shape index (κ3) is 46.5. The van der Waals surface area contributed by atoms with Gasteiger partial charge in [-0.3, -0.25) is 52.8 Å². The molecular weight excluding hydrogens is 1910 g/mol. The summed E-state index contributed by atoms with van der Waals surface area (Å²) in [7, 11) is 7.62. The van der Waals surface area contributed by atoms with Crippen LogP contribution in [0, 0.1) is 35.5 Å². The van der Waals surface area contributed by atoms with Crippen LogP contribution in [0.2, 0.25) is 0 Å². The third-order valence-electron chi connectivity index (χ3n) is 24.5. The molecule has 3 heterocycles. The van der Waals surface area contributed by atoms with Crippen LogP contribution in [-0.4, -0.2) is 397 Å². The van der Waals surface area contributed by atoms with E-state index in [-0.39, 0.29) is 112 Å². The van der Waals surface area contributed by atoms with Crippen molar-refractivity contribution < 1.29 is 168 Å². The second-order valence-corrected chi connectivity index (χ2v) is 37.5. The molecule has 826 valence electrons. The summed E-state index contributed by atoms with van der Waals surface area (Å²) in [6.07, 6.45) is -6.08. The summed E-state index contributed by atoms with van der Waals surface area (Å²) >= 11 is 0. The molecule has 44 nitrogen and oxygen atoms in total. The minimum atomic E-state index is -1.90. The first kappa shape index (κ1) is 127. The van der Waals surface area contributed by atoms with Crippen LogP contribution in [0.3, 0.4) is 0 Å². The maximum absolute atomic E-state index is 15.1. The molecule has 9 N–H and O–H groups in total. The number of likely N-dealkylation sites (tertiary alicyclic amines) is 1. The molecule has 146 heavy (non-hydrogen) atoms. The molecule has 3 aliphatic heterocycles. The van der Waals surface area contributed by atoms with E-state index in [0.29, 0.717) is 168 Å². The van der Waals surface area contributed by atoms with Crippen LogP contribution in [0.5, 0.6) is 5.75 Å². The summed E-state index contributed by atoms with van der Waals surface area (Å²) < 4.78 is 100. The van der Waals surface area contributed by atoms with Crippen molar-refractivity contribution in [1.29, 1.82) is 0 Å². The third-order valence-corrected chi connectivity index (χ3v) is 24.5. The Morgan fingerprint density at radius 1 is 0.589 bits per heavy atom. The lowest BCUT2D eigenvalue weighted by Gasteiger charge is -2.41. The maximum atomic E-state index is 15.1. The molecule has 1 fully saturated rings. The number of nitrogens with one attached hydrogen (secondary N) is 5. The molecule has 10 amide bonds. The number of amides is 10. The number of carbonyl (C=O) groups is 13. The van der Waals surface area contributed by atoms with Crippen molar-refractivity contribution in [2.24, 2.45) is 35.5 Å². The van der Waals surface area contributed by atoms with Gasteiger partial charge in [0.15, 0.2) is 11.9 Å². The largest absolute Gasteiger partial charge is 0.475 e. The molecule has 0 aromatic heterocycles. The highest BCUT2D eigenvalue weighted by Gasteiger charge is 2.46. The SMILES string of the molecule is CC[C@H](C)[C@@H]([C@@H](CC(=O)N1CCC[C@H]1[C@H](OC)[C@@H](C)C(=O)C[C@H](C)[C@@H](O)c1ccccc1)OC)N(C)C(=O)[C@@H](CC(=O)[C@H](C(C)C)N(C)C(=O)OCc1ccc(O[C@@H]2OC(C(=O)O)=C[C@H](O)[C@H]2O)c(NC(=O)CCNC(=O)[C@H](CCCCNC(=O)CCOCCOCCOCCOCCOCCOCCOCCOCCOCCOCCOCCOC)NC(=O)[C@@H](CNC(=O)OC(C)(C)C)N2C(=O)C=CC2=O)c1)C(C)C. The summed E-state index contributed by atoms with van der Waals surface area (Å²) in [5.74, 6) is -11.9. The number of nitrogens with zero attached hydrogens (tertiary/aromatic N) is 4. The van der Waals surface area contributed by atoms with Gasteiger partial charge in [-0.05, 0) is 106 Å². The Kier molecular flexibility index (Phi) is 60.9. The van der Waals surface area contributed by atoms with Crippen LogP contribution < -0.4 is 31.3 Å². The normalized spacial score (nSPS) is 17.6. The molecule has 44 heteroatoms. The number of carbonyl (C=O) groups excluding carboxylic acids is 12. The van der Waals surface area contributed by atoms with E-state index in [2.05, 4.69) is 26.6 Å². The number of hydrogen-bond acceptors (Lipinski definition) is 34. The molecule has 2 aromatic carbocycles. The van der Waals surface area contributed by atoms with Gasteiger partial charge in [-0.25, -0.2) is 14.4 Å². The van der Waals surface area contributed by atoms with E-state index in [1.807, 2.05) is 51.1 Å². The maximum Gasteiger partial charge on any atom is 0.410 e. The number of hydrogen-bond donors (Lipinski definition) is 9. The van der Waals surface area contributed by atoms with Gasteiger partial charge < -0.3 is 147 Å². The highest BCUT2D eigenvalue weighted by molar-refractivity contribution is 6.15. The quantitative estimate of drug-likeness (QED) is 0.0294. The Balaban J connectivity index is 1.14. The van der Waals surface area contributed by atoms with E-state index in [4.69, 9.17) is 85.3 Å². The summed E-state index contributed by atoms with van der Waals surface area (Å²) in [5.41, 5.74) is -0.321. The molecule has 0 unspecified atom stereocenters. The molecule has 15 atom stereocenters. The lowest BCUT2D eigenvalue weighted by Crippen LogP contribution is -2.58. The van der Waals surface area contributed by atoms with E-state index in [0.717, 1.165) is 23.1 Å². The van der Waals surface area contributed by atoms with Gasteiger partial charge in [0, 0.05) is 105 Å². The fourth-order valence-corrected chi connectivity index (χ4v) is 16.5. The zero-order chi connectivity index (χ0) is 108. The molecule has 2 aromatic rings. The number of aliphatic hydroxyl groups is 3. The Labute approximate surface area is 857 Å². The number of methoxy groups -OCH3 is 3. The van der Waals surface area contributed by atoms with Gasteiger partial charge in [0.2, 0.25) is 41.2 Å². The van der Waals surface area contributed by atoms with Crippen molar-refractivity contribution in [2.45, 2.75) is 226 Å². The smallest absolute Gasteiger partial charge is 0.410 e. The fourth-order valence-electron chi connectivity index (χ4n) is 16.5. The number of ether oxygens (including phenoxy) is 18. The number of anilines is 1. The number of rotatable bonds is 78. The Morgan fingerprint density at radius 3 is 1.63 bits per heavy atom. The van der Waals surface area contributed by atoms with E-state index >= 15 is 4.79 Å². The molecule has 0 aliphatic carbocycles. The average Bonchev–Trinajstić information content (AvgIpc) is 1.38. The van der Waals surface area contributed by atoms with Crippen LogP contribution in [0.15, 0.2) is 72.5 Å². The second kappa shape index (κ2) is 70.2. The number of aliphatic carboxylic acids is 1. The van der Waals surface area contributed by atoms with Gasteiger partial charge in [0.05, 0.1) is 207 Å².